The smallest absolute Gasteiger partial charge is 0.240 e. The minimum atomic E-state index is -0.411. The Labute approximate surface area is 173 Å². The van der Waals surface area contributed by atoms with Crippen molar-refractivity contribution in [2.24, 2.45) is 0 Å². The molecule has 0 unspecified atom stereocenters. The number of carbonyl (C=O) groups is 1. The van der Waals surface area contributed by atoms with Gasteiger partial charge in [-0.05, 0) is 36.8 Å². The highest BCUT2D eigenvalue weighted by atomic mass is 32.2. The Morgan fingerprint density at radius 3 is 2.55 bits per heavy atom. The molecule has 3 aromatic rings. The molecule has 0 radical (unpaired) electrons. The van der Waals surface area contributed by atoms with Crippen LogP contribution < -0.4 is 15.5 Å². The molecule has 1 aliphatic heterocycles. The molecule has 8 heteroatoms. The molecule has 2 N–H and O–H groups in total. The molecule has 2 aromatic carbocycles. The van der Waals surface area contributed by atoms with Crippen LogP contribution in [0.3, 0.4) is 0 Å². The lowest BCUT2D eigenvalue weighted by molar-refractivity contribution is -0.116. The second-order valence-corrected chi connectivity index (χ2v) is 7.97. The Kier molecular flexibility index (Phi) is 5.44. The average Bonchev–Trinajstić information content (AvgIpc) is 3.16. The van der Waals surface area contributed by atoms with Gasteiger partial charge in [0.25, 0.3) is 0 Å². The number of aryl methyl sites for hydroxylation is 2. The SMILES string of the molecule is CCc1nnc2n1N[C@H](c1ccc(OC)cc1)[C@H](C(=O)Nc1ccc(C)cc1)S2. The Hall–Kier alpha value is -3.00. The van der Waals surface area contributed by atoms with E-state index in [9.17, 15) is 4.79 Å². The molecular weight excluding hydrogens is 386 g/mol. The van der Waals surface area contributed by atoms with Crippen LogP contribution in [0.1, 0.15) is 29.9 Å². The molecule has 1 aromatic heterocycles. The Balaban J connectivity index is 1.65. The summed E-state index contributed by atoms with van der Waals surface area (Å²) in [5.74, 6) is 1.53. The molecule has 4 rings (SSSR count). The van der Waals surface area contributed by atoms with Crippen LogP contribution in [0, 0.1) is 6.92 Å². The summed E-state index contributed by atoms with van der Waals surface area (Å²) in [7, 11) is 1.64. The molecule has 1 amide bonds. The van der Waals surface area contributed by atoms with Crippen molar-refractivity contribution in [1.82, 2.24) is 14.9 Å². The van der Waals surface area contributed by atoms with Gasteiger partial charge in [-0.1, -0.05) is 48.5 Å². The van der Waals surface area contributed by atoms with Crippen LogP contribution in [-0.2, 0) is 11.2 Å². The fourth-order valence-electron chi connectivity index (χ4n) is 3.24. The van der Waals surface area contributed by atoms with Crippen LogP contribution in [0.2, 0.25) is 0 Å². The summed E-state index contributed by atoms with van der Waals surface area (Å²) >= 11 is 1.42. The van der Waals surface area contributed by atoms with E-state index in [1.54, 1.807) is 7.11 Å². The first-order valence-corrected chi connectivity index (χ1v) is 10.4. The van der Waals surface area contributed by atoms with E-state index in [0.717, 1.165) is 34.8 Å². The minimum Gasteiger partial charge on any atom is -0.497 e. The highest BCUT2D eigenvalue weighted by Gasteiger charge is 2.37. The fraction of sp³-hybridized carbons (Fsp3) is 0.286. The maximum absolute atomic E-state index is 13.2. The fourth-order valence-corrected chi connectivity index (χ4v) is 4.34. The molecule has 2 heterocycles. The number of anilines is 1. The van der Waals surface area contributed by atoms with Gasteiger partial charge in [0.15, 0.2) is 5.82 Å². The van der Waals surface area contributed by atoms with Crippen molar-refractivity contribution in [2.75, 3.05) is 17.9 Å². The first kappa shape index (κ1) is 19.3. The predicted molar refractivity (Wildman–Crippen MR) is 114 cm³/mol. The number of nitrogens with one attached hydrogen (secondary N) is 2. The molecule has 0 bridgehead atoms. The van der Waals surface area contributed by atoms with Gasteiger partial charge in [-0.25, -0.2) is 4.68 Å². The summed E-state index contributed by atoms with van der Waals surface area (Å²) in [5, 5.41) is 11.8. The van der Waals surface area contributed by atoms with Crippen molar-refractivity contribution < 1.29 is 9.53 Å². The second kappa shape index (κ2) is 8.16. The van der Waals surface area contributed by atoms with Gasteiger partial charge in [0.2, 0.25) is 11.1 Å². The van der Waals surface area contributed by atoms with Gasteiger partial charge >= 0.3 is 0 Å². The van der Waals surface area contributed by atoms with E-state index in [2.05, 4.69) is 20.9 Å². The summed E-state index contributed by atoms with van der Waals surface area (Å²) in [6.07, 6.45) is 0.746. The largest absolute Gasteiger partial charge is 0.497 e. The number of thioether (sulfide) groups is 1. The molecular formula is C21H23N5O2S. The number of hydrogen-bond acceptors (Lipinski definition) is 6. The lowest BCUT2D eigenvalue weighted by atomic mass is 10.0. The van der Waals surface area contributed by atoms with Gasteiger partial charge in [0.1, 0.15) is 11.0 Å². The molecule has 2 atom stereocenters. The van der Waals surface area contributed by atoms with Crippen molar-refractivity contribution in [3.8, 4) is 5.75 Å². The normalized spacial score (nSPS) is 17.9. The highest BCUT2D eigenvalue weighted by molar-refractivity contribution is 8.00. The maximum atomic E-state index is 13.2. The second-order valence-electron chi connectivity index (χ2n) is 6.86. The lowest BCUT2D eigenvalue weighted by Gasteiger charge is -2.33. The van der Waals surface area contributed by atoms with Gasteiger partial charge in [0, 0.05) is 12.1 Å². The number of rotatable bonds is 5. The molecule has 7 nitrogen and oxygen atoms in total. The topological polar surface area (TPSA) is 81.1 Å². The van der Waals surface area contributed by atoms with Crippen LogP contribution in [0.15, 0.2) is 53.7 Å². The summed E-state index contributed by atoms with van der Waals surface area (Å²) in [5.41, 5.74) is 6.36. The van der Waals surface area contributed by atoms with Crippen LogP contribution >= 0.6 is 11.8 Å². The number of benzene rings is 2. The van der Waals surface area contributed by atoms with Crippen LogP contribution in [0.25, 0.3) is 0 Å². The van der Waals surface area contributed by atoms with E-state index >= 15 is 0 Å². The number of nitrogens with zero attached hydrogens (tertiary/aromatic N) is 3. The van der Waals surface area contributed by atoms with Gasteiger partial charge in [0.05, 0.1) is 13.2 Å². The van der Waals surface area contributed by atoms with E-state index in [1.165, 1.54) is 11.8 Å². The number of fused-ring (bicyclic) bond motifs is 1. The van der Waals surface area contributed by atoms with E-state index in [4.69, 9.17) is 4.74 Å². The first-order valence-electron chi connectivity index (χ1n) is 9.48. The predicted octanol–water partition coefficient (Wildman–Crippen LogP) is 3.56. The van der Waals surface area contributed by atoms with Gasteiger partial charge in [-0.2, -0.15) is 0 Å². The van der Waals surface area contributed by atoms with Crippen molar-refractivity contribution in [1.29, 1.82) is 0 Å². The van der Waals surface area contributed by atoms with Crippen LogP contribution in [0.4, 0.5) is 5.69 Å². The molecule has 150 valence electrons. The standard InChI is InChI=1S/C21H23N5O2S/c1-4-17-23-24-21-26(17)25-18(14-7-11-16(28-3)12-8-14)19(29-21)20(27)22-15-9-5-13(2)6-10-15/h5-12,18-19,25H,4H2,1-3H3,(H,22,27)/t18-,19-/m1/s1. The first-order chi connectivity index (χ1) is 14.1. The number of ether oxygens (including phenoxy) is 1. The Morgan fingerprint density at radius 2 is 1.90 bits per heavy atom. The number of amides is 1. The molecule has 29 heavy (non-hydrogen) atoms. The highest BCUT2D eigenvalue weighted by Crippen LogP contribution is 2.38. The number of methoxy groups -OCH3 is 1. The summed E-state index contributed by atoms with van der Waals surface area (Å²) in [6.45, 7) is 4.05. The van der Waals surface area contributed by atoms with Crippen molar-refractivity contribution >= 4 is 23.4 Å². The van der Waals surface area contributed by atoms with Gasteiger partial charge < -0.3 is 15.5 Å². The van der Waals surface area contributed by atoms with E-state index in [0.29, 0.717) is 5.16 Å². The Morgan fingerprint density at radius 1 is 1.17 bits per heavy atom. The van der Waals surface area contributed by atoms with Crippen LogP contribution in [0.5, 0.6) is 5.75 Å². The number of hydrogen-bond donors (Lipinski definition) is 2. The van der Waals surface area contributed by atoms with Crippen molar-refractivity contribution in [3.05, 3.63) is 65.5 Å². The van der Waals surface area contributed by atoms with Crippen LogP contribution in [-0.4, -0.2) is 33.1 Å². The van der Waals surface area contributed by atoms with E-state index in [-0.39, 0.29) is 11.9 Å². The molecule has 0 fully saturated rings. The zero-order valence-electron chi connectivity index (χ0n) is 16.5. The quantitative estimate of drug-likeness (QED) is 0.671. The third-order valence-electron chi connectivity index (χ3n) is 4.87. The minimum absolute atomic E-state index is 0.0838. The summed E-state index contributed by atoms with van der Waals surface area (Å²) in [4.78, 5) is 13.2. The van der Waals surface area contributed by atoms with E-state index in [1.807, 2.05) is 67.1 Å². The van der Waals surface area contributed by atoms with Crippen molar-refractivity contribution in [3.63, 3.8) is 0 Å². The molecule has 0 saturated heterocycles. The molecule has 0 saturated carbocycles. The van der Waals surface area contributed by atoms with E-state index < -0.39 is 5.25 Å². The average molecular weight is 410 g/mol. The van der Waals surface area contributed by atoms with Crippen molar-refractivity contribution in [2.45, 2.75) is 36.7 Å². The molecule has 0 spiro atoms. The third-order valence-corrected chi connectivity index (χ3v) is 6.09. The Bertz CT molecular complexity index is 1000. The molecule has 0 aliphatic carbocycles. The third kappa shape index (κ3) is 3.93. The lowest BCUT2D eigenvalue weighted by Crippen LogP contribution is -2.41. The molecule has 1 aliphatic rings. The van der Waals surface area contributed by atoms with Gasteiger partial charge in [-0.15, -0.1) is 10.2 Å². The maximum Gasteiger partial charge on any atom is 0.240 e. The monoisotopic (exact) mass is 409 g/mol. The zero-order chi connectivity index (χ0) is 20.4. The number of carbonyl (C=O) groups excluding carboxylic acids is 1. The summed E-state index contributed by atoms with van der Waals surface area (Å²) < 4.78 is 7.15. The number of aromatic nitrogens is 3. The summed E-state index contributed by atoms with van der Waals surface area (Å²) in [6, 6.07) is 15.3. The zero-order valence-corrected chi connectivity index (χ0v) is 17.4. The van der Waals surface area contributed by atoms with Gasteiger partial charge in [-0.3, -0.25) is 4.79 Å².